The number of benzene rings is 1. The second kappa shape index (κ2) is 9.95. The number of rotatable bonds is 8. The smallest absolute Gasteiger partial charge is 0.319 e. The molecular formula is C25H35N5O5S. The van der Waals surface area contributed by atoms with Gasteiger partial charge in [-0.2, -0.15) is 0 Å². The first-order valence-electron chi connectivity index (χ1n) is 12.1. The second-order valence-corrected chi connectivity index (χ2v) is 12.9. The third-order valence-electron chi connectivity index (χ3n) is 6.81. The number of aliphatic hydroxyl groups excluding tert-OH is 1. The Morgan fingerprint density at radius 1 is 1.25 bits per heavy atom. The Morgan fingerprint density at radius 2 is 1.94 bits per heavy atom. The number of anilines is 2. The molecule has 1 aliphatic heterocycles. The molecule has 11 heteroatoms. The van der Waals surface area contributed by atoms with Crippen LogP contribution >= 0.6 is 0 Å². The fourth-order valence-corrected chi connectivity index (χ4v) is 5.52. The number of aliphatic hydroxyl groups is 1. The quantitative estimate of drug-likeness (QED) is 0.486. The van der Waals surface area contributed by atoms with E-state index in [-0.39, 0.29) is 18.7 Å². The number of sulfone groups is 1. The van der Waals surface area contributed by atoms with Crippen molar-refractivity contribution in [1.82, 2.24) is 15.3 Å². The van der Waals surface area contributed by atoms with Crippen LogP contribution < -0.4 is 15.5 Å². The molecule has 36 heavy (non-hydrogen) atoms. The lowest BCUT2D eigenvalue weighted by Gasteiger charge is -2.34. The van der Waals surface area contributed by atoms with Crippen molar-refractivity contribution in [2.75, 3.05) is 49.4 Å². The molecule has 1 atom stereocenters. The number of nitrogens with zero attached hydrogens (tertiary/aromatic N) is 3. The molecule has 10 nitrogen and oxygen atoms in total. The maximum atomic E-state index is 12.6. The summed E-state index contributed by atoms with van der Waals surface area (Å²) in [7, 11) is -3.35. The van der Waals surface area contributed by atoms with Gasteiger partial charge in [-0.15, -0.1) is 0 Å². The monoisotopic (exact) mass is 517 g/mol. The summed E-state index contributed by atoms with van der Waals surface area (Å²) < 4.78 is 29.9. The Bertz CT molecular complexity index is 1210. The third kappa shape index (κ3) is 5.63. The molecule has 2 heterocycles. The summed E-state index contributed by atoms with van der Waals surface area (Å²) in [5.74, 6) is 1.13. The number of carbonyl (C=O) groups excluding carboxylic acids is 1. The average molecular weight is 518 g/mol. The summed E-state index contributed by atoms with van der Waals surface area (Å²) in [6.07, 6.45) is 2.36. The molecule has 1 aliphatic carbocycles. The van der Waals surface area contributed by atoms with E-state index in [1.807, 2.05) is 19.9 Å². The maximum absolute atomic E-state index is 12.6. The standard InChI is InChI=1S/C25H35N5O5S/c1-17-14-35-12-11-30(17)21-13-20(25(9-10-25)36(4,33)34)28-22(29-21)18-5-7-19(8-6-18)27-23(32)26-15-24(2,3)16-31/h5-8,13,17,31H,9-12,14-16H2,1-4H3,(H2,26,27,32)/t17-/m0/s1. The van der Waals surface area contributed by atoms with Crippen LogP contribution in [0.15, 0.2) is 30.3 Å². The van der Waals surface area contributed by atoms with Gasteiger partial charge in [-0.25, -0.2) is 23.2 Å². The number of hydrogen-bond acceptors (Lipinski definition) is 8. The molecule has 0 bridgehead atoms. The van der Waals surface area contributed by atoms with Crippen molar-refractivity contribution in [2.45, 2.75) is 44.4 Å². The minimum absolute atomic E-state index is 0.0348. The summed E-state index contributed by atoms with van der Waals surface area (Å²) in [6, 6.07) is 8.66. The van der Waals surface area contributed by atoms with E-state index in [2.05, 4.69) is 22.5 Å². The minimum atomic E-state index is -3.35. The number of hydrogen-bond donors (Lipinski definition) is 3. The van der Waals surface area contributed by atoms with Gasteiger partial charge in [0.05, 0.1) is 24.9 Å². The highest BCUT2D eigenvalue weighted by Gasteiger charge is 2.55. The molecule has 1 saturated carbocycles. The average Bonchev–Trinajstić information content (AvgIpc) is 3.66. The maximum Gasteiger partial charge on any atom is 0.319 e. The van der Waals surface area contributed by atoms with Gasteiger partial charge in [0.1, 0.15) is 10.6 Å². The lowest BCUT2D eigenvalue weighted by Crippen LogP contribution is -2.44. The van der Waals surface area contributed by atoms with Gasteiger partial charge in [0.2, 0.25) is 0 Å². The molecule has 1 aromatic heterocycles. The van der Waals surface area contributed by atoms with Crippen LogP contribution in [-0.2, 0) is 19.3 Å². The minimum Gasteiger partial charge on any atom is -0.396 e. The van der Waals surface area contributed by atoms with Crippen molar-refractivity contribution >= 4 is 27.4 Å². The Balaban J connectivity index is 1.60. The van der Waals surface area contributed by atoms with Gasteiger partial charge in [-0.3, -0.25) is 0 Å². The molecule has 196 valence electrons. The first kappa shape index (κ1) is 26.3. The van der Waals surface area contributed by atoms with Gasteiger partial charge < -0.3 is 25.4 Å². The Hall–Kier alpha value is -2.76. The van der Waals surface area contributed by atoms with Gasteiger partial charge in [-0.1, -0.05) is 13.8 Å². The number of urea groups is 1. The van der Waals surface area contributed by atoms with Crippen LogP contribution in [0.2, 0.25) is 0 Å². The van der Waals surface area contributed by atoms with Crippen molar-refractivity contribution in [1.29, 1.82) is 0 Å². The first-order valence-corrected chi connectivity index (χ1v) is 14.0. The molecule has 0 unspecified atom stereocenters. The molecule has 4 rings (SSSR count). The molecule has 1 saturated heterocycles. The number of ether oxygens (including phenoxy) is 1. The zero-order valence-corrected chi connectivity index (χ0v) is 22.1. The zero-order valence-electron chi connectivity index (χ0n) is 21.2. The molecule has 2 aliphatic rings. The molecule has 2 amide bonds. The summed E-state index contributed by atoms with van der Waals surface area (Å²) >= 11 is 0. The van der Waals surface area contributed by atoms with Crippen LogP contribution in [0.1, 0.15) is 39.3 Å². The van der Waals surface area contributed by atoms with Crippen molar-refractivity contribution in [3.05, 3.63) is 36.0 Å². The molecule has 3 N–H and O–H groups in total. The lowest BCUT2D eigenvalue weighted by molar-refractivity contribution is 0.0985. The third-order valence-corrected chi connectivity index (χ3v) is 8.85. The topological polar surface area (TPSA) is 134 Å². The van der Waals surface area contributed by atoms with E-state index >= 15 is 0 Å². The Labute approximate surface area is 212 Å². The first-order chi connectivity index (χ1) is 16.9. The van der Waals surface area contributed by atoms with Crippen molar-refractivity contribution in [3.8, 4) is 11.4 Å². The highest BCUT2D eigenvalue weighted by atomic mass is 32.2. The van der Waals surface area contributed by atoms with Gasteiger partial charge in [0.15, 0.2) is 15.7 Å². The number of carbonyl (C=O) groups is 1. The largest absolute Gasteiger partial charge is 0.396 e. The molecular weight excluding hydrogens is 482 g/mol. The van der Waals surface area contributed by atoms with Crippen LogP contribution in [0.5, 0.6) is 0 Å². The van der Waals surface area contributed by atoms with Crippen LogP contribution in [-0.4, -0.2) is 74.7 Å². The zero-order chi connectivity index (χ0) is 26.1. The van der Waals surface area contributed by atoms with E-state index in [9.17, 15) is 18.3 Å². The normalized spacial score (nSPS) is 19.6. The van der Waals surface area contributed by atoms with Gasteiger partial charge in [0, 0.05) is 48.7 Å². The van der Waals surface area contributed by atoms with Gasteiger partial charge in [-0.05, 0) is 44.0 Å². The molecule has 0 spiro atoms. The Kier molecular flexibility index (Phi) is 7.27. The number of nitrogens with one attached hydrogen (secondary N) is 2. The number of morpholine rings is 1. The van der Waals surface area contributed by atoms with E-state index in [0.29, 0.717) is 62.2 Å². The molecule has 1 aromatic carbocycles. The highest BCUT2D eigenvalue weighted by molar-refractivity contribution is 7.91. The van der Waals surface area contributed by atoms with Crippen LogP contribution in [0, 0.1) is 5.41 Å². The van der Waals surface area contributed by atoms with Crippen molar-refractivity contribution < 1.29 is 23.1 Å². The van der Waals surface area contributed by atoms with Crippen molar-refractivity contribution in [2.24, 2.45) is 5.41 Å². The van der Waals surface area contributed by atoms with Crippen LogP contribution in [0.3, 0.4) is 0 Å². The highest BCUT2D eigenvalue weighted by Crippen LogP contribution is 2.52. The fourth-order valence-electron chi connectivity index (χ4n) is 4.20. The van der Waals surface area contributed by atoms with Crippen molar-refractivity contribution in [3.63, 3.8) is 0 Å². The van der Waals surface area contributed by atoms with E-state index in [0.717, 1.165) is 5.56 Å². The predicted molar refractivity (Wildman–Crippen MR) is 139 cm³/mol. The number of amides is 2. The van der Waals surface area contributed by atoms with Gasteiger partial charge >= 0.3 is 6.03 Å². The van der Waals surface area contributed by atoms with Crippen LogP contribution in [0.25, 0.3) is 11.4 Å². The fraction of sp³-hybridized carbons (Fsp3) is 0.560. The second-order valence-electron chi connectivity index (χ2n) is 10.5. The van der Waals surface area contributed by atoms with Gasteiger partial charge in [0.25, 0.3) is 0 Å². The summed E-state index contributed by atoms with van der Waals surface area (Å²) in [5, 5.41) is 14.9. The summed E-state index contributed by atoms with van der Waals surface area (Å²) in [4.78, 5) is 23.9. The summed E-state index contributed by atoms with van der Waals surface area (Å²) in [6.45, 7) is 7.88. The van der Waals surface area contributed by atoms with E-state index in [1.165, 1.54) is 6.26 Å². The van der Waals surface area contributed by atoms with Crippen LogP contribution in [0.4, 0.5) is 16.3 Å². The Morgan fingerprint density at radius 3 is 2.53 bits per heavy atom. The number of aromatic nitrogens is 2. The lowest BCUT2D eigenvalue weighted by atomic mass is 9.95. The predicted octanol–water partition coefficient (Wildman–Crippen LogP) is 2.54. The molecule has 2 fully saturated rings. The summed E-state index contributed by atoms with van der Waals surface area (Å²) in [5.41, 5.74) is 1.42. The molecule has 0 radical (unpaired) electrons. The molecule has 2 aromatic rings. The van der Waals surface area contributed by atoms with E-state index < -0.39 is 20.0 Å². The van der Waals surface area contributed by atoms with E-state index in [1.54, 1.807) is 24.3 Å². The van der Waals surface area contributed by atoms with E-state index in [4.69, 9.17) is 14.7 Å². The SMILES string of the molecule is C[C@H]1COCCN1c1cc(C2(S(C)(=O)=O)CC2)nc(-c2ccc(NC(=O)NCC(C)(C)CO)cc2)n1.